The molecule has 0 radical (unpaired) electrons. The lowest BCUT2D eigenvalue weighted by atomic mass is 10.1. The van der Waals surface area contributed by atoms with Gasteiger partial charge in [0, 0.05) is 12.1 Å². The number of amides is 1. The van der Waals surface area contributed by atoms with Crippen LogP contribution in [0.5, 0.6) is 0 Å². The Kier molecular flexibility index (Phi) is 5.57. The maximum Gasteiger partial charge on any atom is 0.310 e. The van der Waals surface area contributed by atoms with Gasteiger partial charge in [0.15, 0.2) is 0 Å². The summed E-state index contributed by atoms with van der Waals surface area (Å²) in [5.41, 5.74) is 1.67. The minimum absolute atomic E-state index is 0.142. The van der Waals surface area contributed by atoms with Crippen molar-refractivity contribution >= 4 is 11.9 Å². The van der Waals surface area contributed by atoms with Crippen molar-refractivity contribution in [2.75, 3.05) is 13.7 Å². The fourth-order valence-electron chi connectivity index (χ4n) is 2.29. The van der Waals surface area contributed by atoms with Gasteiger partial charge in [0.25, 0.3) is 5.91 Å². The van der Waals surface area contributed by atoms with Crippen LogP contribution in [0, 0.1) is 12.8 Å². The second-order valence-corrected chi connectivity index (χ2v) is 5.56. The second kappa shape index (κ2) is 7.63. The molecule has 5 nitrogen and oxygen atoms in total. The summed E-state index contributed by atoms with van der Waals surface area (Å²) in [6.45, 7) is 4.28. The number of hydrogen-bond acceptors (Lipinski definition) is 4. The highest BCUT2D eigenvalue weighted by Gasteiger charge is 2.23. The molecule has 0 spiro atoms. The molecule has 0 aliphatic rings. The summed E-state index contributed by atoms with van der Waals surface area (Å²) in [4.78, 5) is 26.0. The zero-order valence-corrected chi connectivity index (χ0v) is 13.6. The number of furan rings is 1. The number of ether oxygens (including phenoxy) is 1. The average Bonchev–Trinajstić information content (AvgIpc) is 3.06. The summed E-state index contributed by atoms with van der Waals surface area (Å²) >= 11 is 0. The first kappa shape index (κ1) is 16.8. The van der Waals surface area contributed by atoms with Crippen LogP contribution in [0.1, 0.15) is 28.6 Å². The summed E-state index contributed by atoms with van der Waals surface area (Å²) in [6, 6.07) is 10.9. The van der Waals surface area contributed by atoms with Crippen LogP contribution in [0.15, 0.2) is 47.1 Å². The van der Waals surface area contributed by atoms with Crippen LogP contribution in [0.2, 0.25) is 0 Å². The lowest BCUT2D eigenvalue weighted by Crippen LogP contribution is -2.36. The standard InChI is InChI=1S/C18H21NO4/c1-13-6-8-15(9-7-13)17(20)19(11-14(2)18(21)22-3)12-16-5-4-10-23-16/h4-10,14H,11-12H2,1-3H3. The lowest BCUT2D eigenvalue weighted by molar-refractivity contribution is -0.145. The average molecular weight is 315 g/mol. The number of esters is 1. The first-order valence-corrected chi connectivity index (χ1v) is 7.47. The van der Waals surface area contributed by atoms with E-state index in [-0.39, 0.29) is 18.4 Å². The van der Waals surface area contributed by atoms with Gasteiger partial charge in [0.05, 0.1) is 25.8 Å². The van der Waals surface area contributed by atoms with Crippen LogP contribution in [0.4, 0.5) is 0 Å². The van der Waals surface area contributed by atoms with Crippen LogP contribution in [0.25, 0.3) is 0 Å². The van der Waals surface area contributed by atoms with Crippen molar-refractivity contribution in [3.05, 3.63) is 59.5 Å². The molecule has 1 amide bonds. The number of nitrogens with zero attached hydrogens (tertiary/aromatic N) is 1. The van der Waals surface area contributed by atoms with Crippen molar-refractivity contribution < 1.29 is 18.7 Å². The zero-order valence-electron chi connectivity index (χ0n) is 13.6. The largest absolute Gasteiger partial charge is 0.469 e. The van der Waals surface area contributed by atoms with Crippen LogP contribution in [-0.2, 0) is 16.1 Å². The summed E-state index contributed by atoms with van der Waals surface area (Å²) < 4.78 is 10.1. The van der Waals surface area contributed by atoms with E-state index in [1.165, 1.54) is 7.11 Å². The highest BCUT2D eigenvalue weighted by molar-refractivity contribution is 5.94. The van der Waals surface area contributed by atoms with Crippen molar-refractivity contribution in [1.82, 2.24) is 4.90 Å². The number of carbonyl (C=O) groups excluding carboxylic acids is 2. The summed E-state index contributed by atoms with van der Waals surface area (Å²) in [7, 11) is 1.34. The second-order valence-electron chi connectivity index (χ2n) is 5.56. The van der Waals surface area contributed by atoms with Crippen molar-refractivity contribution in [2.24, 2.45) is 5.92 Å². The molecule has 0 N–H and O–H groups in total. The Balaban J connectivity index is 2.19. The molecule has 0 aliphatic heterocycles. The Bertz CT molecular complexity index is 646. The molecule has 1 aromatic carbocycles. The molecule has 2 aromatic rings. The summed E-state index contributed by atoms with van der Waals surface area (Å²) in [5, 5.41) is 0. The molecule has 0 bridgehead atoms. The third-order valence-corrected chi connectivity index (χ3v) is 3.61. The molecular weight excluding hydrogens is 294 g/mol. The highest BCUT2D eigenvalue weighted by atomic mass is 16.5. The van der Waals surface area contributed by atoms with Gasteiger partial charge in [0.1, 0.15) is 5.76 Å². The Hall–Kier alpha value is -2.56. The smallest absolute Gasteiger partial charge is 0.310 e. The minimum atomic E-state index is -0.413. The van der Waals surface area contributed by atoms with Gasteiger partial charge in [-0.15, -0.1) is 0 Å². The van der Waals surface area contributed by atoms with E-state index in [1.807, 2.05) is 19.1 Å². The predicted octanol–water partition coefficient (Wildman–Crippen LogP) is 3.04. The zero-order chi connectivity index (χ0) is 16.8. The van der Waals surface area contributed by atoms with Gasteiger partial charge < -0.3 is 14.1 Å². The van der Waals surface area contributed by atoms with Crippen molar-refractivity contribution in [1.29, 1.82) is 0 Å². The fraction of sp³-hybridized carbons (Fsp3) is 0.333. The predicted molar refractivity (Wildman–Crippen MR) is 85.8 cm³/mol. The molecule has 122 valence electrons. The molecule has 1 aromatic heterocycles. The van der Waals surface area contributed by atoms with Crippen LogP contribution < -0.4 is 0 Å². The first-order chi connectivity index (χ1) is 11.0. The SMILES string of the molecule is COC(=O)C(C)CN(Cc1ccco1)C(=O)c1ccc(C)cc1. The number of carbonyl (C=O) groups is 2. The Morgan fingerprint density at radius 2 is 1.91 bits per heavy atom. The molecule has 1 atom stereocenters. The maximum atomic E-state index is 12.8. The monoisotopic (exact) mass is 315 g/mol. The molecule has 1 heterocycles. The molecular formula is C18H21NO4. The van der Waals surface area contributed by atoms with E-state index in [2.05, 4.69) is 0 Å². The quantitative estimate of drug-likeness (QED) is 0.769. The van der Waals surface area contributed by atoms with Gasteiger partial charge >= 0.3 is 5.97 Å². The van der Waals surface area contributed by atoms with Gasteiger partial charge in [-0.25, -0.2) is 0 Å². The third-order valence-electron chi connectivity index (χ3n) is 3.61. The Labute approximate surface area is 135 Å². The summed E-state index contributed by atoms with van der Waals surface area (Å²) in [5.74, 6) is -0.227. The van der Waals surface area contributed by atoms with E-state index < -0.39 is 5.92 Å². The normalized spacial score (nSPS) is 11.8. The molecule has 0 saturated heterocycles. The molecule has 1 unspecified atom stereocenters. The number of methoxy groups -OCH3 is 1. The van der Waals surface area contributed by atoms with Crippen LogP contribution >= 0.6 is 0 Å². The minimum Gasteiger partial charge on any atom is -0.469 e. The summed E-state index contributed by atoms with van der Waals surface area (Å²) in [6.07, 6.45) is 1.56. The van der Waals surface area contributed by atoms with E-state index in [0.29, 0.717) is 17.9 Å². The lowest BCUT2D eigenvalue weighted by Gasteiger charge is -2.24. The van der Waals surface area contributed by atoms with E-state index in [9.17, 15) is 9.59 Å². The van der Waals surface area contributed by atoms with Crippen molar-refractivity contribution in [3.8, 4) is 0 Å². The topological polar surface area (TPSA) is 59.8 Å². The molecule has 5 heteroatoms. The Morgan fingerprint density at radius 1 is 1.22 bits per heavy atom. The molecule has 0 aliphatic carbocycles. The number of rotatable bonds is 6. The van der Waals surface area contributed by atoms with Gasteiger partial charge in [-0.1, -0.05) is 24.6 Å². The maximum absolute atomic E-state index is 12.8. The van der Waals surface area contributed by atoms with Gasteiger partial charge in [-0.05, 0) is 31.2 Å². The highest BCUT2D eigenvalue weighted by Crippen LogP contribution is 2.14. The van der Waals surface area contributed by atoms with E-state index in [0.717, 1.165) is 5.56 Å². The third kappa shape index (κ3) is 4.45. The molecule has 2 rings (SSSR count). The molecule has 23 heavy (non-hydrogen) atoms. The van der Waals surface area contributed by atoms with Crippen molar-refractivity contribution in [2.45, 2.75) is 20.4 Å². The molecule has 0 saturated carbocycles. The number of hydrogen-bond donors (Lipinski definition) is 0. The first-order valence-electron chi connectivity index (χ1n) is 7.47. The van der Waals surface area contributed by atoms with Crippen LogP contribution in [-0.4, -0.2) is 30.4 Å². The fourth-order valence-corrected chi connectivity index (χ4v) is 2.29. The van der Waals surface area contributed by atoms with Gasteiger partial charge in [-0.3, -0.25) is 9.59 Å². The van der Waals surface area contributed by atoms with E-state index in [1.54, 1.807) is 42.4 Å². The van der Waals surface area contributed by atoms with Crippen LogP contribution in [0.3, 0.4) is 0 Å². The Morgan fingerprint density at radius 3 is 2.48 bits per heavy atom. The van der Waals surface area contributed by atoms with E-state index >= 15 is 0 Å². The van der Waals surface area contributed by atoms with Gasteiger partial charge in [0.2, 0.25) is 0 Å². The number of aryl methyl sites for hydroxylation is 1. The van der Waals surface area contributed by atoms with Crippen molar-refractivity contribution in [3.63, 3.8) is 0 Å². The number of benzene rings is 1. The van der Waals surface area contributed by atoms with Gasteiger partial charge in [-0.2, -0.15) is 0 Å². The van der Waals surface area contributed by atoms with E-state index in [4.69, 9.17) is 9.15 Å². The molecule has 0 fully saturated rings.